The van der Waals surface area contributed by atoms with Gasteiger partial charge in [-0.15, -0.1) is 11.3 Å². The van der Waals surface area contributed by atoms with Gasteiger partial charge in [0.2, 0.25) is 5.89 Å². The fourth-order valence-corrected chi connectivity index (χ4v) is 6.20. The smallest absolute Gasteiger partial charge is 0.313 e. The second-order valence-electron chi connectivity index (χ2n) is 10.2. The Morgan fingerprint density at radius 3 is 2.69 bits per heavy atom. The van der Waals surface area contributed by atoms with Crippen LogP contribution in [0.5, 0.6) is 5.75 Å². The van der Waals surface area contributed by atoms with Gasteiger partial charge in [0, 0.05) is 36.5 Å². The highest BCUT2D eigenvalue weighted by atomic mass is 32.1. The van der Waals surface area contributed by atoms with Crippen LogP contribution in [0.1, 0.15) is 55.2 Å². The molecule has 1 N–H and O–H groups in total. The molecule has 0 aliphatic carbocycles. The van der Waals surface area contributed by atoms with Gasteiger partial charge in [-0.05, 0) is 51.3 Å². The number of aromatic nitrogens is 2. The molecule has 0 spiro atoms. The van der Waals surface area contributed by atoms with Crippen molar-refractivity contribution in [2.75, 3.05) is 20.3 Å². The predicted molar refractivity (Wildman–Crippen MR) is 147 cm³/mol. The quantitative estimate of drug-likeness (QED) is 0.303. The van der Waals surface area contributed by atoms with Crippen LogP contribution in [-0.4, -0.2) is 46.9 Å². The highest BCUT2D eigenvalue weighted by Gasteiger charge is 2.35. The Hall–Kier alpha value is -3.47. The van der Waals surface area contributed by atoms with Gasteiger partial charge < -0.3 is 23.7 Å². The van der Waals surface area contributed by atoms with E-state index in [1.165, 1.54) is 17.6 Å². The third kappa shape index (κ3) is 5.11. The molecule has 0 radical (unpaired) electrons. The number of thiazole rings is 1. The number of methoxy groups -OCH3 is 1. The molecular formula is C29H32N2O7S. The number of carboxylic acids is 1. The zero-order valence-corrected chi connectivity index (χ0v) is 23.2. The Morgan fingerprint density at radius 1 is 1.28 bits per heavy atom. The van der Waals surface area contributed by atoms with Crippen molar-refractivity contribution < 1.29 is 28.5 Å². The number of aryl methyl sites for hydroxylation is 1. The molecular weight excluding hydrogens is 520 g/mol. The summed E-state index contributed by atoms with van der Waals surface area (Å²) in [5, 5.41) is 10.0. The second kappa shape index (κ2) is 11.0. The zero-order chi connectivity index (χ0) is 27.7. The summed E-state index contributed by atoms with van der Waals surface area (Å²) in [6.45, 7) is 6.19. The van der Waals surface area contributed by atoms with Gasteiger partial charge in [-0.2, -0.15) is 0 Å². The summed E-state index contributed by atoms with van der Waals surface area (Å²) in [5.74, 6) is 0.0317. The van der Waals surface area contributed by atoms with E-state index in [4.69, 9.17) is 18.6 Å². The van der Waals surface area contributed by atoms with Gasteiger partial charge in [0.05, 0.1) is 30.9 Å². The largest absolute Gasteiger partial charge is 0.496 e. The topological polar surface area (TPSA) is 113 Å². The maximum atomic E-state index is 13.8. The number of rotatable bonds is 9. The van der Waals surface area contributed by atoms with E-state index in [1.54, 1.807) is 37.6 Å². The molecule has 0 saturated carbocycles. The van der Waals surface area contributed by atoms with Crippen molar-refractivity contribution in [3.63, 3.8) is 0 Å². The van der Waals surface area contributed by atoms with Crippen LogP contribution in [0.2, 0.25) is 0 Å². The van der Waals surface area contributed by atoms with Crippen molar-refractivity contribution in [1.82, 2.24) is 9.38 Å². The third-order valence-corrected chi connectivity index (χ3v) is 8.66. The molecule has 4 heterocycles. The number of ether oxygens (including phenoxy) is 3. The minimum Gasteiger partial charge on any atom is -0.496 e. The highest BCUT2D eigenvalue weighted by molar-refractivity contribution is 7.21. The average molecular weight is 553 g/mol. The van der Waals surface area contributed by atoms with Crippen molar-refractivity contribution in [3.05, 3.63) is 75.5 Å². The first kappa shape index (κ1) is 27.1. The number of carbonyl (C=O) groups is 1. The van der Waals surface area contributed by atoms with Crippen LogP contribution >= 0.6 is 11.3 Å². The van der Waals surface area contributed by atoms with Crippen LogP contribution in [-0.2, 0) is 26.1 Å². The molecule has 5 rings (SSSR count). The number of benzene rings is 1. The van der Waals surface area contributed by atoms with Crippen LogP contribution in [0.15, 0.2) is 52.0 Å². The molecule has 39 heavy (non-hydrogen) atoms. The molecule has 0 amide bonds. The third-order valence-electron chi connectivity index (χ3n) is 7.34. The van der Waals surface area contributed by atoms with E-state index in [-0.39, 0.29) is 17.2 Å². The number of fused-ring (bicyclic) bond motifs is 1. The fraction of sp³-hybridized carbons (Fsp3) is 0.414. The molecule has 1 fully saturated rings. The number of hydrogen-bond acceptors (Lipinski definition) is 8. The Kier molecular flexibility index (Phi) is 7.61. The van der Waals surface area contributed by atoms with E-state index in [9.17, 15) is 14.7 Å². The monoisotopic (exact) mass is 552 g/mol. The van der Waals surface area contributed by atoms with Crippen molar-refractivity contribution in [3.8, 4) is 16.5 Å². The number of nitrogens with zero attached hydrogens (tertiary/aromatic N) is 2. The van der Waals surface area contributed by atoms with Gasteiger partial charge in [-0.25, -0.2) is 4.98 Å². The van der Waals surface area contributed by atoms with Gasteiger partial charge in [0.15, 0.2) is 0 Å². The number of para-hydroxylation sites is 1. The van der Waals surface area contributed by atoms with Gasteiger partial charge >= 0.3 is 5.97 Å². The number of hydrogen-bond donors (Lipinski definition) is 1. The Morgan fingerprint density at radius 2 is 2.03 bits per heavy atom. The molecule has 206 valence electrons. The molecule has 0 bridgehead atoms. The molecule has 9 nitrogen and oxygen atoms in total. The number of aliphatic carboxylic acids is 1. The maximum Gasteiger partial charge on any atom is 0.313 e. The first-order valence-corrected chi connectivity index (χ1v) is 13.7. The van der Waals surface area contributed by atoms with Crippen LogP contribution in [0.4, 0.5) is 0 Å². The predicted octanol–water partition coefficient (Wildman–Crippen LogP) is 5.17. The van der Waals surface area contributed by atoms with Crippen molar-refractivity contribution in [2.24, 2.45) is 0 Å². The Labute approximate surface area is 230 Å². The molecule has 1 aliphatic rings. The summed E-state index contributed by atoms with van der Waals surface area (Å²) in [7, 11) is 1.63. The lowest BCUT2D eigenvalue weighted by molar-refractivity contribution is -0.142. The second-order valence-corrected chi connectivity index (χ2v) is 11.2. The Balaban J connectivity index is 1.70. The van der Waals surface area contributed by atoms with Crippen LogP contribution in [0.3, 0.4) is 0 Å². The fourth-order valence-electron chi connectivity index (χ4n) is 4.99. The molecule has 1 aromatic carbocycles. The van der Waals surface area contributed by atoms with Gasteiger partial charge in [-0.3, -0.25) is 14.0 Å². The minimum absolute atomic E-state index is 0.00142. The standard InChI is InChI=1S/C29H32N2O7S/c1-17-24(25-30-11-14-37-25)39-27-18(15-21(26(32)31(17)27)29(2,3)28(33)34)16-23(38-19-9-12-36-13-10-19)20-7-5-6-8-22(20)35-4/h5-8,11,14-15,19,23H,9-10,12-13,16H2,1-4H3,(H,33,34)/t23-/m0/s1. The molecule has 10 heteroatoms. The van der Waals surface area contributed by atoms with Crippen molar-refractivity contribution in [1.29, 1.82) is 0 Å². The summed E-state index contributed by atoms with van der Waals surface area (Å²) in [5.41, 5.74) is 0.750. The summed E-state index contributed by atoms with van der Waals surface area (Å²) < 4.78 is 25.1. The van der Waals surface area contributed by atoms with Crippen LogP contribution in [0.25, 0.3) is 15.6 Å². The number of carboxylic acid groups (broad SMARTS) is 1. The van der Waals surface area contributed by atoms with E-state index in [1.807, 2.05) is 31.2 Å². The molecule has 1 aliphatic heterocycles. The summed E-state index contributed by atoms with van der Waals surface area (Å²) in [6, 6.07) is 9.46. The lowest BCUT2D eigenvalue weighted by Gasteiger charge is -2.29. The lowest BCUT2D eigenvalue weighted by Crippen LogP contribution is -2.36. The lowest BCUT2D eigenvalue weighted by atomic mass is 9.84. The van der Waals surface area contributed by atoms with Crippen molar-refractivity contribution >= 4 is 22.1 Å². The van der Waals surface area contributed by atoms with E-state index >= 15 is 0 Å². The normalized spacial score (nSPS) is 15.5. The SMILES string of the molecule is COc1ccccc1[C@H](Cc1cc(C(C)(C)C(=O)O)c(=O)n2c(C)c(-c3ncco3)sc12)OC1CCOCC1. The summed E-state index contributed by atoms with van der Waals surface area (Å²) >= 11 is 1.40. The summed E-state index contributed by atoms with van der Waals surface area (Å²) in [6.07, 6.45) is 4.59. The first-order valence-electron chi connectivity index (χ1n) is 12.9. The number of oxazole rings is 1. The summed E-state index contributed by atoms with van der Waals surface area (Å²) in [4.78, 5) is 31.8. The van der Waals surface area contributed by atoms with Gasteiger partial charge in [0.1, 0.15) is 21.7 Å². The maximum absolute atomic E-state index is 13.8. The van der Waals surface area contributed by atoms with Gasteiger partial charge in [-0.1, -0.05) is 18.2 Å². The molecule has 4 aromatic rings. The number of pyridine rings is 1. The van der Waals surface area contributed by atoms with E-state index < -0.39 is 17.5 Å². The van der Waals surface area contributed by atoms with E-state index in [0.717, 1.165) is 24.0 Å². The van der Waals surface area contributed by atoms with Crippen LogP contribution in [0, 0.1) is 6.92 Å². The average Bonchev–Trinajstić information content (AvgIpc) is 3.58. The van der Waals surface area contributed by atoms with E-state index in [2.05, 4.69) is 4.98 Å². The molecule has 1 saturated heterocycles. The first-order chi connectivity index (χ1) is 18.7. The highest BCUT2D eigenvalue weighted by Crippen LogP contribution is 2.38. The molecule has 3 aromatic heterocycles. The Bertz CT molecular complexity index is 1530. The van der Waals surface area contributed by atoms with E-state index in [0.29, 0.717) is 46.7 Å². The van der Waals surface area contributed by atoms with Crippen LogP contribution < -0.4 is 10.3 Å². The molecule has 0 unspecified atom stereocenters. The van der Waals surface area contributed by atoms with Crippen molar-refractivity contribution in [2.45, 2.75) is 57.7 Å². The zero-order valence-electron chi connectivity index (χ0n) is 22.4. The van der Waals surface area contributed by atoms with Gasteiger partial charge in [0.25, 0.3) is 5.56 Å². The minimum atomic E-state index is -1.41. The molecule has 1 atom stereocenters.